The number of amides is 3. The highest BCUT2D eigenvalue weighted by Crippen LogP contribution is 2.28. The van der Waals surface area contributed by atoms with Gasteiger partial charge in [-0.25, -0.2) is 5.43 Å². The molecule has 0 bridgehead atoms. The van der Waals surface area contributed by atoms with Crippen LogP contribution in [0.2, 0.25) is 0 Å². The van der Waals surface area contributed by atoms with Crippen LogP contribution in [0.1, 0.15) is 12.5 Å². The quantitative estimate of drug-likeness (QED) is 0.312. The molecule has 0 radical (unpaired) electrons. The summed E-state index contributed by atoms with van der Waals surface area (Å²) in [5.74, 6) is -1.65. The third kappa shape index (κ3) is 7.26. The molecule has 2 aromatic carbocycles. The number of benzene rings is 2. The van der Waals surface area contributed by atoms with Crippen molar-refractivity contribution in [1.82, 2.24) is 5.43 Å². The summed E-state index contributed by atoms with van der Waals surface area (Å²) in [5, 5.41) is 6.21. The summed E-state index contributed by atoms with van der Waals surface area (Å²) in [6.07, 6.45) is 1.34. The number of nitrogens with two attached hydrogens (primary N) is 1. The van der Waals surface area contributed by atoms with Gasteiger partial charge in [-0.15, -0.1) is 0 Å². The second-order valence-corrected chi connectivity index (χ2v) is 6.47. The standard InChI is InChI=1S/C19H19BrN4O5/c1-2-28-16-9-12(3-8-15(16)29-11-17(21)25)10-22-24-19(27)18(26)23-14-6-4-13(20)5-7-14/h3-10H,2,11H2,1H3,(H2,21,25)(H,23,26)(H,24,27)/b22-10+. The summed E-state index contributed by atoms with van der Waals surface area (Å²) in [5.41, 5.74) is 8.27. The van der Waals surface area contributed by atoms with E-state index in [0.717, 1.165) is 4.47 Å². The van der Waals surface area contributed by atoms with Crippen LogP contribution in [0.25, 0.3) is 0 Å². The number of rotatable bonds is 8. The molecule has 0 aliphatic rings. The van der Waals surface area contributed by atoms with Crippen molar-refractivity contribution in [1.29, 1.82) is 0 Å². The van der Waals surface area contributed by atoms with Crippen LogP contribution in [0.15, 0.2) is 52.0 Å². The van der Waals surface area contributed by atoms with Crippen LogP contribution in [-0.2, 0) is 14.4 Å². The van der Waals surface area contributed by atoms with Crippen molar-refractivity contribution in [3.8, 4) is 11.5 Å². The Kier molecular flexibility index (Phi) is 8.16. The van der Waals surface area contributed by atoms with Gasteiger partial charge in [0.25, 0.3) is 5.91 Å². The van der Waals surface area contributed by atoms with E-state index < -0.39 is 17.7 Å². The summed E-state index contributed by atoms with van der Waals surface area (Å²) < 4.78 is 11.6. The van der Waals surface area contributed by atoms with Gasteiger partial charge >= 0.3 is 11.8 Å². The molecule has 9 nitrogen and oxygen atoms in total. The Labute approximate surface area is 175 Å². The number of hydrogen-bond donors (Lipinski definition) is 3. The van der Waals surface area contributed by atoms with Crippen molar-refractivity contribution in [3.05, 3.63) is 52.5 Å². The van der Waals surface area contributed by atoms with Crippen LogP contribution in [0, 0.1) is 0 Å². The van der Waals surface area contributed by atoms with Crippen LogP contribution in [0.3, 0.4) is 0 Å². The van der Waals surface area contributed by atoms with Crippen LogP contribution in [0.5, 0.6) is 11.5 Å². The number of carbonyl (C=O) groups is 3. The molecule has 152 valence electrons. The third-order valence-electron chi connectivity index (χ3n) is 3.33. The van der Waals surface area contributed by atoms with E-state index in [9.17, 15) is 14.4 Å². The first-order valence-corrected chi connectivity index (χ1v) is 9.26. The molecule has 0 aromatic heterocycles. The lowest BCUT2D eigenvalue weighted by molar-refractivity contribution is -0.136. The van der Waals surface area contributed by atoms with E-state index in [1.807, 2.05) is 0 Å². The molecule has 0 spiro atoms. The van der Waals surface area contributed by atoms with Crippen molar-refractivity contribution < 1.29 is 23.9 Å². The van der Waals surface area contributed by atoms with Gasteiger partial charge in [0, 0.05) is 10.2 Å². The molecule has 0 saturated carbocycles. The average Bonchev–Trinajstić information content (AvgIpc) is 2.69. The average molecular weight is 463 g/mol. The molecule has 0 atom stereocenters. The fourth-order valence-electron chi connectivity index (χ4n) is 2.08. The summed E-state index contributed by atoms with van der Waals surface area (Å²) in [4.78, 5) is 34.6. The topological polar surface area (TPSA) is 132 Å². The third-order valence-corrected chi connectivity index (χ3v) is 3.85. The minimum absolute atomic E-state index is 0.281. The molecule has 0 unspecified atom stereocenters. The van der Waals surface area contributed by atoms with E-state index in [0.29, 0.717) is 29.4 Å². The first-order valence-electron chi connectivity index (χ1n) is 8.47. The molecule has 2 rings (SSSR count). The summed E-state index contributed by atoms with van der Waals surface area (Å²) in [6.45, 7) is 1.89. The normalized spacial score (nSPS) is 10.4. The Morgan fingerprint density at radius 1 is 1.07 bits per heavy atom. The van der Waals surface area contributed by atoms with E-state index in [-0.39, 0.29) is 6.61 Å². The van der Waals surface area contributed by atoms with Gasteiger partial charge in [0.1, 0.15) is 0 Å². The lowest BCUT2D eigenvalue weighted by Gasteiger charge is -2.11. The van der Waals surface area contributed by atoms with Crippen LogP contribution in [0.4, 0.5) is 5.69 Å². The molecule has 0 fully saturated rings. The molecule has 0 saturated heterocycles. The van der Waals surface area contributed by atoms with E-state index in [1.165, 1.54) is 6.21 Å². The second kappa shape index (κ2) is 10.8. The molecule has 0 aliphatic heterocycles. The Hall–Kier alpha value is -3.40. The van der Waals surface area contributed by atoms with Gasteiger partial charge in [-0.1, -0.05) is 15.9 Å². The maximum absolute atomic E-state index is 11.9. The van der Waals surface area contributed by atoms with E-state index in [2.05, 4.69) is 31.8 Å². The van der Waals surface area contributed by atoms with Crippen LogP contribution < -0.4 is 25.9 Å². The van der Waals surface area contributed by atoms with E-state index in [1.54, 1.807) is 49.4 Å². The zero-order valence-corrected chi connectivity index (χ0v) is 17.1. The molecule has 0 aliphatic carbocycles. The number of halogens is 1. The van der Waals surface area contributed by atoms with Crippen LogP contribution in [-0.4, -0.2) is 37.1 Å². The largest absolute Gasteiger partial charge is 0.490 e. The van der Waals surface area contributed by atoms with Crippen molar-refractivity contribution in [2.75, 3.05) is 18.5 Å². The number of carbonyl (C=O) groups excluding carboxylic acids is 3. The molecule has 10 heteroatoms. The zero-order chi connectivity index (χ0) is 21.2. The first-order chi connectivity index (χ1) is 13.9. The van der Waals surface area contributed by atoms with Crippen molar-refractivity contribution in [2.24, 2.45) is 10.8 Å². The zero-order valence-electron chi connectivity index (χ0n) is 15.5. The van der Waals surface area contributed by atoms with Gasteiger partial charge in [-0.2, -0.15) is 5.10 Å². The Bertz CT molecular complexity index is 915. The molecule has 0 heterocycles. The number of nitrogens with zero attached hydrogens (tertiary/aromatic N) is 1. The lowest BCUT2D eigenvalue weighted by atomic mass is 10.2. The Balaban J connectivity index is 1.96. The second-order valence-electron chi connectivity index (χ2n) is 5.55. The maximum atomic E-state index is 11.9. The van der Waals surface area contributed by atoms with Gasteiger partial charge in [-0.3, -0.25) is 14.4 Å². The predicted molar refractivity (Wildman–Crippen MR) is 111 cm³/mol. The lowest BCUT2D eigenvalue weighted by Crippen LogP contribution is -2.32. The van der Waals surface area contributed by atoms with Gasteiger partial charge in [0.2, 0.25) is 0 Å². The van der Waals surface area contributed by atoms with Crippen LogP contribution >= 0.6 is 15.9 Å². The smallest absolute Gasteiger partial charge is 0.329 e. The number of hydrazone groups is 1. The molecular weight excluding hydrogens is 444 g/mol. The Morgan fingerprint density at radius 3 is 2.45 bits per heavy atom. The predicted octanol–water partition coefficient (Wildman–Crippen LogP) is 1.80. The number of hydrogen-bond acceptors (Lipinski definition) is 6. The van der Waals surface area contributed by atoms with Gasteiger partial charge < -0.3 is 20.5 Å². The van der Waals surface area contributed by atoms with E-state index >= 15 is 0 Å². The molecule has 2 aromatic rings. The maximum Gasteiger partial charge on any atom is 0.329 e. The molecule has 3 amide bonds. The van der Waals surface area contributed by atoms with Gasteiger partial charge in [0.05, 0.1) is 12.8 Å². The summed E-state index contributed by atoms with van der Waals surface area (Å²) in [6, 6.07) is 11.6. The number of nitrogens with one attached hydrogen (secondary N) is 2. The van der Waals surface area contributed by atoms with Crippen molar-refractivity contribution in [2.45, 2.75) is 6.92 Å². The summed E-state index contributed by atoms with van der Waals surface area (Å²) in [7, 11) is 0. The van der Waals surface area contributed by atoms with Gasteiger partial charge in [-0.05, 0) is 55.0 Å². The molecule has 4 N–H and O–H groups in total. The highest BCUT2D eigenvalue weighted by Gasteiger charge is 2.13. The Morgan fingerprint density at radius 2 is 1.79 bits per heavy atom. The molecular formula is C19H19BrN4O5. The molecule has 29 heavy (non-hydrogen) atoms. The first kappa shape index (κ1) is 21.9. The highest BCUT2D eigenvalue weighted by molar-refractivity contribution is 9.10. The van der Waals surface area contributed by atoms with Gasteiger partial charge in [0.15, 0.2) is 18.1 Å². The summed E-state index contributed by atoms with van der Waals surface area (Å²) >= 11 is 3.28. The monoisotopic (exact) mass is 462 g/mol. The SMILES string of the molecule is CCOc1cc(/C=N/NC(=O)C(=O)Nc2ccc(Br)cc2)ccc1OCC(N)=O. The number of anilines is 1. The number of ether oxygens (including phenoxy) is 2. The fraction of sp³-hybridized carbons (Fsp3) is 0.158. The minimum atomic E-state index is -0.921. The van der Waals surface area contributed by atoms with E-state index in [4.69, 9.17) is 15.2 Å². The highest BCUT2D eigenvalue weighted by atomic mass is 79.9. The number of primary amides is 1. The van der Waals surface area contributed by atoms with Crippen molar-refractivity contribution in [3.63, 3.8) is 0 Å². The minimum Gasteiger partial charge on any atom is -0.490 e. The van der Waals surface area contributed by atoms with Crippen molar-refractivity contribution >= 4 is 45.6 Å². The fourth-order valence-corrected chi connectivity index (χ4v) is 2.34.